The molecule has 1 saturated heterocycles. The summed E-state index contributed by atoms with van der Waals surface area (Å²) in [7, 11) is 0. The summed E-state index contributed by atoms with van der Waals surface area (Å²) in [5, 5.41) is 11.8. The topological polar surface area (TPSA) is 155 Å². The van der Waals surface area contributed by atoms with Gasteiger partial charge >= 0.3 is 10.8 Å². The van der Waals surface area contributed by atoms with Crippen molar-refractivity contribution in [3.05, 3.63) is 98.5 Å². The third kappa shape index (κ3) is 5.47. The number of ether oxygens (including phenoxy) is 2. The first kappa shape index (κ1) is 29.2. The molecule has 11 nitrogen and oxygen atoms in total. The number of aromatic hydroxyl groups is 1. The van der Waals surface area contributed by atoms with E-state index in [2.05, 4.69) is 10.3 Å². The van der Waals surface area contributed by atoms with Crippen LogP contribution in [0.5, 0.6) is 11.5 Å². The lowest BCUT2D eigenvalue weighted by molar-refractivity contribution is -0.122. The molecule has 3 amide bonds. The maximum Gasteiger partial charge on any atom is 0.338 e. The van der Waals surface area contributed by atoms with Gasteiger partial charge in [-0.2, -0.15) is 0 Å². The number of para-hydroxylation sites is 1. The molecule has 224 valence electrons. The predicted octanol–water partition coefficient (Wildman–Crippen LogP) is 4.13. The lowest BCUT2D eigenvalue weighted by Gasteiger charge is -2.30. The minimum atomic E-state index is -0.869. The number of thiazole rings is 1. The van der Waals surface area contributed by atoms with Crippen molar-refractivity contribution in [3.63, 3.8) is 0 Å². The van der Waals surface area contributed by atoms with Crippen LogP contribution in [-0.4, -0.2) is 52.2 Å². The number of hydrogen-bond acceptors (Lipinski definition) is 10. The zero-order valence-corrected chi connectivity index (χ0v) is 24.8. The molecule has 2 aliphatic rings. The number of hydrogen-bond donors (Lipinski definition) is 3. The van der Waals surface area contributed by atoms with E-state index in [1.807, 2.05) is 0 Å². The van der Waals surface area contributed by atoms with Gasteiger partial charge in [-0.05, 0) is 61.5 Å². The van der Waals surface area contributed by atoms with Crippen molar-refractivity contribution in [2.24, 2.45) is 5.92 Å². The van der Waals surface area contributed by atoms with E-state index in [9.17, 15) is 29.1 Å². The average molecular weight is 632 g/mol. The van der Waals surface area contributed by atoms with Crippen molar-refractivity contribution in [2.75, 3.05) is 23.4 Å². The van der Waals surface area contributed by atoms with Gasteiger partial charge in [-0.3, -0.25) is 19.2 Å². The normalized spacial score (nSPS) is 18.8. The summed E-state index contributed by atoms with van der Waals surface area (Å²) in [6.07, 6.45) is 0. The van der Waals surface area contributed by atoms with Crippen LogP contribution in [0.2, 0.25) is 0 Å². The standard InChI is InChI=1S/C31H25N3O8S2/c1-2-41-30(39)16-7-11-18(12-8-16)34-28(37)24-23(25-27(33-31(40)44-25)43-26(24)29(34)38)20-5-3-4-6-21(20)42-15-22(36)32-17-9-13-19(35)14-10-17/h3-14,23-24,26,35H,2,15H2,1H3,(H,32,36)(H,33,40). The number of aromatic nitrogens is 1. The molecule has 0 aliphatic carbocycles. The monoisotopic (exact) mass is 631 g/mol. The molecule has 0 saturated carbocycles. The molecule has 0 spiro atoms. The molecule has 13 heteroatoms. The Bertz CT molecular complexity index is 1820. The number of phenols is 1. The second kappa shape index (κ2) is 12.0. The average Bonchev–Trinajstić information content (AvgIpc) is 3.51. The van der Waals surface area contributed by atoms with Crippen LogP contribution in [0.15, 0.2) is 82.6 Å². The van der Waals surface area contributed by atoms with Gasteiger partial charge in [0.15, 0.2) is 6.61 Å². The Balaban J connectivity index is 1.31. The van der Waals surface area contributed by atoms with Crippen molar-refractivity contribution < 1.29 is 33.8 Å². The van der Waals surface area contributed by atoms with Crippen LogP contribution >= 0.6 is 23.1 Å². The van der Waals surface area contributed by atoms with Crippen LogP contribution in [0.25, 0.3) is 0 Å². The van der Waals surface area contributed by atoms with Crippen LogP contribution in [0.1, 0.15) is 33.6 Å². The number of nitrogens with zero attached hydrogens (tertiary/aromatic N) is 1. The van der Waals surface area contributed by atoms with Gasteiger partial charge in [0.05, 0.1) is 28.8 Å². The van der Waals surface area contributed by atoms with Gasteiger partial charge in [0, 0.05) is 22.0 Å². The predicted molar refractivity (Wildman–Crippen MR) is 163 cm³/mol. The molecule has 1 aromatic heterocycles. The van der Waals surface area contributed by atoms with Gasteiger partial charge in [0.25, 0.3) is 5.91 Å². The van der Waals surface area contributed by atoms with Crippen LogP contribution in [0, 0.1) is 5.92 Å². The maximum absolute atomic E-state index is 14.1. The number of H-pyrrole nitrogens is 1. The van der Waals surface area contributed by atoms with Crippen LogP contribution < -0.4 is 19.8 Å². The Morgan fingerprint density at radius 1 is 0.977 bits per heavy atom. The minimum absolute atomic E-state index is 0.0655. The van der Waals surface area contributed by atoms with Gasteiger partial charge < -0.3 is 24.9 Å². The molecule has 0 bridgehead atoms. The van der Waals surface area contributed by atoms with E-state index in [4.69, 9.17) is 9.47 Å². The highest BCUT2D eigenvalue weighted by atomic mass is 32.2. The molecule has 3 aromatic carbocycles. The van der Waals surface area contributed by atoms with Gasteiger partial charge in [0.2, 0.25) is 11.8 Å². The largest absolute Gasteiger partial charge is 0.508 e. The van der Waals surface area contributed by atoms with Gasteiger partial charge in [0.1, 0.15) is 16.7 Å². The number of carbonyl (C=O) groups excluding carboxylic acids is 4. The molecule has 3 atom stereocenters. The van der Waals surface area contributed by atoms with E-state index >= 15 is 0 Å². The molecule has 6 rings (SSSR count). The highest BCUT2D eigenvalue weighted by molar-refractivity contribution is 8.00. The SMILES string of the molecule is CCOC(=O)c1ccc(N2C(=O)C3Sc4[nH]c(=O)sc4C(c4ccccc4OCC(=O)Nc4ccc(O)cc4)C3C2=O)cc1. The molecule has 0 radical (unpaired) electrons. The second-order valence-electron chi connectivity index (χ2n) is 9.95. The van der Waals surface area contributed by atoms with Crippen molar-refractivity contribution in [1.29, 1.82) is 0 Å². The fourth-order valence-electron chi connectivity index (χ4n) is 5.32. The summed E-state index contributed by atoms with van der Waals surface area (Å²) in [5.74, 6) is -3.04. The van der Waals surface area contributed by atoms with Crippen LogP contribution in [0.4, 0.5) is 11.4 Å². The number of phenolic OH excluding ortho intramolecular Hbond substituents is 1. The number of benzene rings is 3. The van der Waals surface area contributed by atoms with Gasteiger partial charge in [-0.15, -0.1) is 0 Å². The number of thioether (sulfide) groups is 1. The van der Waals surface area contributed by atoms with E-state index in [1.165, 1.54) is 36.4 Å². The molecule has 2 aliphatic heterocycles. The third-order valence-corrected chi connectivity index (χ3v) is 9.63. The molecule has 3 unspecified atom stereocenters. The number of amides is 3. The summed E-state index contributed by atoms with van der Waals surface area (Å²) < 4.78 is 11.0. The molecule has 44 heavy (non-hydrogen) atoms. The highest BCUT2D eigenvalue weighted by Crippen LogP contribution is 2.54. The first-order chi connectivity index (χ1) is 21.2. The molecule has 4 aromatic rings. The third-order valence-electron chi connectivity index (χ3n) is 7.22. The number of nitrogens with one attached hydrogen (secondary N) is 2. The summed E-state index contributed by atoms with van der Waals surface area (Å²) in [5.41, 5.74) is 1.63. The number of aromatic amines is 1. The lowest BCUT2D eigenvalue weighted by atomic mass is 9.82. The van der Waals surface area contributed by atoms with E-state index in [0.717, 1.165) is 28.0 Å². The highest BCUT2D eigenvalue weighted by Gasteiger charge is 2.56. The summed E-state index contributed by atoms with van der Waals surface area (Å²) >= 11 is 2.11. The first-order valence-corrected chi connectivity index (χ1v) is 15.3. The zero-order valence-electron chi connectivity index (χ0n) is 23.1. The van der Waals surface area contributed by atoms with Gasteiger partial charge in [-0.1, -0.05) is 41.3 Å². The fourth-order valence-corrected chi connectivity index (χ4v) is 7.83. The van der Waals surface area contributed by atoms with Crippen molar-refractivity contribution in [3.8, 4) is 11.5 Å². The smallest absolute Gasteiger partial charge is 0.338 e. The Kier molecular flexibility index (Phi) is 7.97. The number of carbonyl (C=O) groups is 4. The van der Waals surface area contributed by atoms with E-state index in [-0.39, 0.29) is 23.8 Å². The molecule has 3 N–H and O–H groups in total. The van der Waals surface area contributed by atoms with Crippen molar-refractivity contribution >= 4 is 58.2 Å². The Hall–Kier alpha value is -4.88. The quantitative estimate of drug-likeness (QED) is 0.148. The number of imide groups is 1. The van der Waals surface area contributed by atoms with Crippen LogP contribution in [-0.2, 0) is 19.1 Å². The van der Waals surface area contributed by atoms with Crippen molar-refractivity contribution in [1.82, 2.24) is 4.98 Å². The first-order valence-electron chi connectivity index (χ1n) is 13.6. The molecule has 1 fully saturated rings. The number of anilines is 2. The number of rotatable bonds is 8. The van der Waals surface area contributed by atoms with E-state index in [1.54, 1.807) is 43.3 Å². The zero-order chi connectivity index (χ0) is 31.0. The number of esters is 1. The Morgan fingerprint density at radius 3 is 2.43 bits per heavy atom. The van der Waals surface area contributed by atoms with Crippen LogP contribution in [0.3, 0.4) is 0 Å². The Morgan fingerprint density at radius 2 is 1.70 bits per heavy atom. The lowest BCUT2D eigenvalue weighted by Crippen LogP contribution is -2.32. The molecular weight excluding hydrogens is 606 g/mol. The van der Waals surface area contributed by atoms with E-state index in [0.29, 0.717) is 38.2 Å². The summed E-state index contributed by atoms with van der Waals surface area (Å²) in [6, 6.07) is 19.0. The molecular formula is C31H25N3O8S2. The Labute approximate surface area is 258 Å². The maximum atomic E-state index is 14.1. The summed E-state index contributed by atoms with van der Waals surface area (Å²) in [6.45, 7) is 1.56. The minimum Gasteiger partial charge on any atom is -0.508 e. The second-order valence-corrected chi connectivity index (χ2v) is 12.1. The van der Waals surface area contributed by atoms with Crippen molar-refractivity contribution in [2.45, 2.75) is 23.1 Å². The number of fused-ring (bicyclic) bond motifs is 2. The van der Waals surface area contributed by atoms with E-state index < -0.39 is 40.8 Å². The fraction of sp³-hybridized carbons (Fsp3) is 0.194. The summed E-state index contributed by atoms with van der Waals surface area (Å²) in [4.78, 5) is 69.3. The van der Waals surface area contributed by atoms with Gasteiger partial charge in [-0.25, -0.2) is 9.69 Å². The molecule has 3 heterocycles.